The Kier molecular flexibility index (Phi) is 12.7. The topological polar surface area (TPSA) is 191 Å². The summed E-state index contributed by atoms with van der Waals surface area (Å²) in [4.78, 5) is 51.7. The zero-order valence-corrected chi connectivity index (χ0v) is 29.6. The van der Waals surface area contributed by atoms with E-state index in [1.807, 2.05) is 0 Å². The normalized spacial score (nSPS) is 14.1. The van der Waals surface area contributed by atoms with Gasteiger partial charge in [0.25, 0.3) is 10.0 Å². The maximum Gasteiger partial charge on any atom is 0.410 e. The second-order valence-corrected chi connectivity index (χ2v) is 14.0. The van der Waals surface area contributed by atoms with Gasteiger partial charge in [-0.05, 0) is 64.8 Å². The van der Waals surface area contributed by atoms with Crippen LogP contribution in [0.25, 0.3) is 0 Å². The molecule has 0 bridgehead atoms. The molecule has 268 valence electrons. The molecule has 0 saturated carbocycles. The molecule has 3 aromatic rings. The first-order valence-electron chi connectivity index (χ1n) is 16.2. The van der Waals surface area contributed by atoms with E-state index in [2.05, 4.69) is 30.3 Å². The summed E-state index contributed by atoms with van der Waals surface area (Å²) in [5, 5.41) is 5.98. The molecule has 3 N–H and O–H groups in total. The average Bonchev–Trinajstić information content (AvgIpc) is 3.39. The number of benzene rings is 2. The monoisotopic (exact) mass is 709 g/mol. The fourth-order valence-corrected chi connectivity index (χ4v) is 5.83. The standard InChI is InChI=1S/C34H43N7O8S/c1-6-47-28(42)14-10-19-48-27-20-23(15-16-26(27)40-50(45,46)24-12-8-7-9-13-24)36-21-25-29-30(37-22-38-31(29)39-32(25)43)35-17-11-18-41(5)33(44)49-34(2,3)4/h7-9,12-13,15-16,20-22,25,40H,6,10-11,14,17-19H2,1-5H3,(H2,35,37,38,39,43). The van der Waals surface area contributed by atoms with Crippen LogP contribution in [0.15, 0.2) is 64.7 Å². The third-order valence-electron chi connectivity index (χ3n) is 7.11. The number of ether oxygens (including phenoxy) is 3. The van der Waals surface area contributed by atoms with Crippen molar-refractivity contribution in [3.05, 3.63) is 60.4 Å². The predicted octanol–water partition coefficient (Wildman–Crippen LogP) is 5.11. The van der Waals surface area contributed by atoms with E-state index >= 15 is 0 Å². The number of fused-ring (bicyclic) bond motifs is 1. The molecular formula is C34H43N7O8S. The molecule has 1 atom stereocenters. The third kappa shape index (κ3) is 10.6. The van der Waals surface area contributed by atoms with E-state index in [1.54, 1.807) is 65.1 Å². The number of rotatable bonds is 16. The van der Waals surface area contributed by atoms with Gasteiger partial charge in [0.1, 0.15) is 35.2 Å². The number of nitrogens with zero attached hydrogens (tertiary/aromatic N) is 4. The number of amides is 2. The van der Waals surface area contributed by atoms with Crippen LogP contribution < -0.4 is 20.1 Å². The van der Waals surface area contributed by atoms with Crippen molar-refractivity contribution in [2.24, 2.45) is 4.99 Å². The molecule has 2 aromatic carbocycles. The van der Waals surface area contributed by atoms with Crippen molar-refractivity contribution in [1.82, 2.24) is 14.9 Å². The fourth-order valence-electron chi connectivity index (χ4n) is 4.74. The van der Waals surface area contributed by atoms with E-state index in [-0.39, 0.29) is 47.8 Å². The van der Waals surface area contributed by atoms with Crippen LogP contribution in [0.2, 0.25) is 0 Å². The van der Waals surface area contributed by atoms with Crippen LogP contribution in [0, 0.1) is 0 Å². The lowest BCUT2D eigenvalue weighted by Crippen LogP contribution is -2.35. The molecule has 1 aromatic heterocycles. The van der Waals surface area contributed by atoms with Crippen LogP contribution in [0.1, 0.15) is 58.4 Å². The largest absolute Gasteiger partial charge is 0.491 e. The molecule has 16 heteroatoms. The first kappa shape index (κ1) is 37.6. The molecule has 50 heavy (non-hydrogen) atoms. The van der Waals surface area contributed by atoms with E-state index in [1.165, 1.54) is 35.6 Å². The summed E-state index contributed by atoms with van der Waals surface area (Å²) in [6.07, 6.45) is 3.43. The molecule has 0 radical (unpaired) electrons. The van der Waals surface area contributed by atoms with Gasteiger partial charge in [0.05, 0.1) is 35.0 Å². The smallest absolute Gasteiger partial charge is 0.410 e. The van der Waals surface area contributed by atoms with E-state index in [0.29, 0.717) is 48.8 Å². The number of sulfonamides is 1. The number of anilines is 3. The van der Waals surface area contributed by atoms with Gasteiger partial charge in [0.15, 0.2) is 0 Å². The molecule has 15 nitrogen and oxygen atoms in total. The Labute approximate surface area is 291 Å². The SMILES string of the molecule is CCOC(=O)CCCOc1cc(N=CC2C(=O)Nc3ncnc(NCCCN(C)C(=O)OC(C)(C)C)c32)ccc1NS(=O)(=O)c1ccccc1. The average molecular weight is 710 g/mol. The number of aliphatic imine (C=N–C) groups is 1. The van der Waals surface area contributed by atoms with Gasteiger partial charge >= 0.3 is 12.1 Å². The van der Waals surface area contributed by atoms with Crippen molar-refractivity contribution in [2.75, 3.05) is 48.7 Å². The number of esters is 1. The predicted molar refractivity (Wildman–Crippen MR) is 189 cm³/mol. The Bertz CT molecular complexity index is 1800. The minimum Gasteiger partial charge on any atom is -0.491 e. The Morgan fingerprint density at radius 3 is 2.58 bits per heavy atom. The third-order valence-corrected chi connectivity index (χ3v) is 8.49. The van der Waals surface area contributed by atoms with Crippen molar-refractivity contribution in [2.45, 2.75) is 63.4 Å². The van der Waals surface area contributed by atoms with Crippen molar-refractivity contribution in [3.8, 4) is 5.75 Å². The molecular weight excluding hydrogens is 666 g/mol. The second kappa shape index (κ2) is 16.9. The van der Waals surface area contributed by atoms with Gasteiger partial charge in [-0.2, -0.15) is 0 Å². The molecule has 1 aliphatic rings. The summed E-state index contributed by atoms with van der Waals surface area (Å²) in [6, 6.07) is 12.5. The summed E-state index contributed by atoms with van der Waals surface area (Å²) in [6.45, 7) is 8.39. The number of carbonyl (C=O) groups is 3. The van der Waals surface area contributed by atoms with E-state index in [4.69, 9.17) is 14.2 Å². The summed E-state index contributed by atoms with van der Waals surface area (Å²) < 4.78 is 45.0. The lowest BCUT2D eigenvalue weighted by atomic mass is 10.0. The summed E-state index contributed by atoms with van der Waals surface area (Å²) in [5.41, 5.74) is 0.476. The fraction of sp³-hybridized carbons (Fsp3) is 0.412. The second-order valence-electron chi connectivity index (χ2n) is 12.3. The first-order chi connectivity index (χ1) is 23.8. The molecule has 1 unspecified atom stereocenters. The van der Waals surface area contributed by atoms with Crippen molar-refractivity contribution in [3.63, 3.8) is 0 Å². The van der Waals surface area contributed by atoms with Crippen LogP contribution in [-0.4, -0.2) is 86.4 Å². The van der Waals surface area contributed by atoms with E-state index in [9.17, 15) is 22.8 Å². The molecule has 1 aliphatic heterocycles. The van der Waals surface area contributed by atoms with Gasteiger partial charge in [-0.15, -0.1) is 0 Å². The Morgan fingerprint density at radius 1 is 1.10 bits per heavy atom. The van der Waals surface area contributed by atoms with Gasteiger partial charge in [-0.1, -0.05) is 18.2 Å². The Morgan fingerprint density at radius 2 is 1.86 bits per heavy atom. The molecule has 4 rings (SSSR count). The zero-order chi connectivity index (χ0) is 36.3. The molecule has 2 heterocycles. The van der Waals surface area contributed by atoms with Crippen molar-refractivity contribution < 1.29 is 37.0 Å². The van der Waals surface area contributed by atoms with Gasteiger partial charge in [-0.25, -0.2) is 23.2 Å². The van der Waals surface area contributed by atoms with E-state index < -0.39 is 27.6 Å². The maximum atomic E-state index is 13.1. The van der Waals surface area contributed by atoms with Crippen molar-refractivity contribution >= 4 is 57.2 Å². The maximum absolute atomic E-state index is 13.1. The van der Waals surface area contributed by atoms with Crippen molar-refractivity contribution in [1.29, 1.82) is 0 Å². The highest BCUT2D eigenvalue weighted by Gasteiger charge is 2.34. The summed E-state index contributed by atoms with van der Waals surface area (Å²) in [5.74, 6) is -0.558. The highest BCUT2D eigenvalue weighted by molar-refractivity contribution is 7.92. The molecule has 0 fully saturated rings. The lowest BCUT2D eigenvalue weighted by Gasteiger charge is -2.24. The summed E-state index contributed by atoms with van der Waals surface area (Å²) >= 11 is 0. The highest BCUT2D eigenvalue weighted by atomic mass is 32.2. The number of hydrogen-bond acceptors (Lipinski definition) is 12. The molecule has 2 amide bonds. The Hall–Kier alpha value is -5.25. The minimum atomic E-state index is -3.94. The van der Waals surface area contributed by atoms with Crippen LogP contribution >= 0.6 is 0 Å². The van der Waals surface area contributed by atoms with Gasteiger partial charge in [0, 0.05) is 38.8 Å². The molecule has 0 aliphatic carbocycles. The minimum absolute atomic E-state index is 0.0722. The number of carbonyl (C=O) groups excluding carboxylic acids is 3. The molecule has 0 spiro atoms. The van der Waals surface area contributed by atoms with Gasteiger partial charge in [0.2, 0.25) is 5.91 Å². The zero-order valence-electron chi connectivity index (χ0n) is 28.8. The number of hydrogen-bond donors (Lipinski definition) is 3. The summed E-state index contributed by atoms with van der Waals surface area (Å²) in [7, 11) is -2.28. The highest BCUT2D eigenvalue weighted by Crippen LogP contribution is 2.36. The van der Waals surface area contributed by atoms with Gasteiger partial charge < -0.3 is 29.7 Å². The number of nitrogens with one attached hydrogen (secondary N) is 3. The number of aromatic nitrogens is 2. The first-order valence-corrected chi connectivity index (χ1v) is 17.6. The quantitative estimate of drug-likeness (QED) is 0.102. The lowest BCUT2D eigenvalue weighted by molar-refractivity contribution is -0.143. The van der Waals surface area contributed by atoms with E-state index in [0.717, 1.165) is 0 Å². The van der Waals surface area contributed by atoms with Crippen LogP contribution in [-0.2, 0) is 29.1 Å². The van der Waals surface area contributed by atoms with Crippen LogP contribution in [0.4, 0.5) is 27.8 Å². The Balaban J connectivity index is 1.49. The van der Waals surface area contributed by atoms with Gasteiger partial charge in [-0.3, -0.25) is 19.3 Å². The molecule has 0 saturated heterocycles. The van der Waals surface area contributed by atoms with Crippen LogP contribution in [0.3, 0.4) is 0 Å². The van der Waals surface area contributed by atoms with Crippen LogP contribution in [0.5, 0.6) is 5.75 Å².